The SMILES string of the molecule is CCC(C)N.CCCC. The average Bonchev–Trinajstić information content (AvgIpc) is 1.89. The Bertz CT molecular complexity index is 31.5. The van der Waals surface area contributed by atoms with Crippen molar-refractivity contribution in [3.63, 3.8) is 0 Å². The summed E-state index contributed by atoms with van der Waals surface area (Å²) in [7, 11) is 0. The second-order valence-electron chi connectivity index (χ2n) is 2.39. The van der Waals surface area contributed by atoms with Crippen LogP contribution in [0.1, 0.15) is 47.0 Å². The molecule has 1 nitrogen and oxygen atoms in total. The van der Waals surface area contributed by atoms with Crippen LogP contribution in [0.25, 0.3) is 0 Å². The summed E-state index contributed by atoms with van der Waals surface area (Å²) in [4.78, 5) is 0. The number of rotatable bonds is 2. The quantitative estimate of drug-likeness (QED) is 0.612. The van der Waals surface area contributed by atoms with Gasteiger partial charge in [-0.15, -0.1) is 0 Å². The lowest BCUT2D eigenvalue weighted by Crippen LogP contribution is -2.11. The van der Waals surface area contributed by atoms with Crippen LogP contribution in [-0.2, 0) is 0 Å². The van der Waals surface area contributed by atoms with Crippen molar-refractivity contribution in [3.05, 3.63) is 0 Å². The van der Waals surface area contributed by atoms with Crippen LogP contribution in [0, 0.1) is 0 Å². The Morgan fingerprint density at radius 3 is 1.33 bits per heavy atom. The third kappa shape index (κ3) is 32.3. The van der Waals surface area contributed by atoms with E-state index in [-0.39, 0.29) is 0 Å². The van der Waals surface area contributed by atoms with Gasteiger partial charge in [-0.3, -0.25) is 0 Å². The first-order chi connectivity index (χ1) is 4.18. The molecule has 0 aliphatic carbocycles. The van der Waals surface area contributed by atoms with Gasteiger partial charge in [-0.05, 0) is 13.3 Å². The molecule has 0 radical (unpaired) electrons. The predicted octanol–water partition coefficient (Wildman–Crippen LogP) is 2.55. The second-order valence-corrected chi connectivity index (χ2v) is 2.39. The molecule has 0 bridgehead atoms. The Kier molecular flexibility index (Phi) is 14.1. The molecule has 0 aromatic heterocycles. The summed E-state index contributed by atoms with van der Waals surface area (Å²) in [5.74, 6) is 0. The molecule has 1 heteroatoms. The molecular weight excluding hydrogens is 110 g/mol. The second kappa shape index (κ2) is 10.9. The predicted molar refractivity (Wildman–Crippen MR) is 44.5 cm³/mol. The zero-order chi connectivity index (χ0) is 7.70. The highest BCUT2D eigenvalue weighted by Gasteiger charge is 1.79. The van der Waals surface area contributed by atoms with Crippen molar-refractivity contribution < 1.29 is 0 Å². The molecule has 0 saturated heterocycles. The molecule has 2 N–H and O–H groups in total. The lowest BCUT2D eigenvalue weighted by Gasteiger charge is -1.91. The van der Waals surface area contributed by atoms with Gasteiger partial charge in [0.1, 0.15) is 0 Å². The van der Waals surface area contributed by atoms with Crippen LogP contribution in [0.15, 0.2) is 0 Å². The number of hydrogen-bond acceptors (Lipinski definition) is 1. The average molecular weight is 131 g/mol. The van der Waals surface area contributed by atoms with E-state index in [0.29, 0.717) is 6.04 Å². The first kappa shape index (κ1) is 11.7. The standard InChI is InChI=1S/C4H11N.C4H10/c1-3-4(2)5;1-3-4-2/h4H,3,5H2,1-2H3;3-4H2,1-2H3. The summed E-state index contributed by atoms with van der Waals surface area (Å²) in [6.07, 6.45) is 3.72. The maximum absolute atomic E-state index is 5.29. The Hall–Kier alpha value is -0.0400. The topological polar surface area (TPSA) is 26.0 Å². The Morgan fingerprint density at radius 2 is 1.33 bits per heavy atom. The maximum Gasteiger partial charge on any atom is 0.000781 e. The van der Waals surface area contributed by atoms with Crippen molar-refractivity contribution in [3.8, 4) is 0 Å². The molecule has 0 aliphatic rings. The molecule has 9 heavy (non-hydrogen) atoms. The van der Waals surface area contributed by atoms with Crippen LogP contribution in [-0.4, -0.2) is 6.04 Å². The summed E-state index contributed by atoms with van der Waals surface area (Å²) >= 11 is 0. The molecule has 0 aromatic rings. The van der Waals surface area contributed by atoms with Gasteiger partial charge in [0, 0.05) is 6.04 Å². The van der Waals surface area contributed by atoms with Crippen molar-refractivity contribution in [2.45, 2.75) is 53.0 Å². The highest BCUT2D eigenvalue weighted by atomic mass is 14.6. The first-order valence-electron chi connectivity index (χ1n) is 3.94. The van der Waals surface area contributed by atoms with E-state index >= 15 is 0 Å². The van der Waals surface area contributed by atoms with E-state index in [1.807, 2.05) is 6.92 Å². The summed E-state index contributed by atoms with van der Waals surface area (Å²) in [6.45, 7) is 8.44. The van der Waals surface area contributed by atoms with E-state index in [0.717, 1.165) is 6.42 Å². The third-order valence-corrected chi connectivity index (χ3v) is 1.14. The lowest BCUT2D eigenvalue weighted by atomic mass is 10.3. The van der Waals surface area contributed by atoms with Crippen LogP contribution in [0.2, 0.25) is 0 Å². The van der Waals surface area contributed by atoms with Gasteiger partial charge in [0.2, 0.25) is 0 Å². The molecule has 0 spiro atoms. The monoisotopic (exact) mass is 131 g/mol. The van der Waals surface area contributed by atoms with Crippen molar-refractivity contribution in [2.75, 3.05) is 0 Å². The van der Waals surface area contributed by atoms with Crippen molar-refractivity contribution in [1.29, 1.82) is 0 Å². The minimum absolute atomic E-state index is 0.384. The summed E-state index contributed by atoms with van der Waals surface area (Å²) in [5.41, 5.74) is 5.29. The van der Waals surface area contributed by atoms with E-state index in [1.54, 1.807) is 0 Å². The van der Waals surface area contributed by atoms with E-state index in [9.17, 15) is 0 Å². The summed E-state index contributed by atoms with van der Waals surface area (Å²) < 4.78 is 0. The van der Waals surface area contributed by atoms with E-state index in [2.05, 4.69) is 20.8 Å². The fraction of sp³-hybridized carbons (Fsp3) is 1.00. The third-order valence-electron chi connectivity index (χ3n) is 1.14. The molecule has 0 saturated carbocycles. The fourth-order valence-electron chi connectivity index (χ4n) is 0. The van der Waals surface area contributed by atoms with Gasteiger partial charge in [-0.25, -0.2) is 0 Å². The normalized spacial score (nSPS) is 11.7. The van der Waals surface area contributed by atoms with Crippen LogP contribution >= 0.6 is 0 Å². The maximum atomic E-state index is 5.29. The number of unbranched alkanes of at least 4 members (excludes halogenated alkanes) is 1. The zero-order valence-electron chi connectivity index (χ0n) is 7.28. The van der Waals surface area contributed by atoms with Crippen molar-refractivity contribution >= 4 is 0 Å². The van der Waals surface area contributed by atoms with Gasteiger partial charge >= 0.3 is 0 Å². The zero-order valence-corrected chi connectivity index (χ0v) is 7.28. The van der Waals surface area contributed by atoms with Gasteiger partial charge in [-0.2, -0.15) is 0 Å². The van der Waals surface area contributed by atoms with Gasteiger partial charge in [0.05, 0.1) is 0 Å². The van der Waals surface area contributed by atoms with Crippen molar-refractivity contribution in [2.24, 2.45) is 5.73 Å². The van der Waals surface area contributed by atoms with E-state index < -0.39 is 0 Å². The smallest absolute Gasteiger partial charge is 0.000781 e. The van der Waals surface area contributed by atoms with Gasteiger partial charge in [0.25, 0.3) is 0 Å². The molecule has 0 heterocycles. The molecule has 1 unspecified atom stereocenters. The Labute approximate surface area is 59.6 Å². The molecule has 0 fully saturated rings. The number of hydrogen-bond donors (Lipinski definition) is 1. The van der Waals surface area contributed by atoms with Crippen LogP contribution in [0.4, 0.5) is 0 Å². The first-order valence-corrected chi connectivity index (χ1v) is 3.94. The molecule has 0 rings (SSSR count). The fourth-order valence-corrected chi connectivity index (χ4v) is 0. The molecular formula is C8H21N. The van der Waals surface area contributed by atoms with Crippen molar-refractivity contribution in [1.82, 2.24) is 0 Å². The van der Waals surface area contributed by atoms with Crippen LogP contribution < -0.4 is 5.73 Å². The van der Waals surface area contributed by atoms with E-state index in [1.165, 1.54) is 12.8 Å². The lowest BCUT2D eigenvalue weighted by molar-refractivity contribution is 0.715. The minimum Gasteiger partial charge on any atom is -0.328 e. The highest BCUT2D eigenvalue weighted by Crippen LogP contribution is 1.77. The summed E-state index contributed by atoms with van der Waals surface area (Å²) in [6, 6.07) is 0.384. The molecule has 1 atom stereocenters. The minimum atomic E-state index is 0.384. The van der Waals surface area contributed by atoms with E-state index in [4.69, 9.17) is 5.73 Å². The largest absolute Gasteiger partial charge is 0.328 e. The Balaban J connectivity index is 0. The summed E-state index contributed by atoms with van der Waals surface area (Å²) in [5, 5.41) is 0. The molecule has 0 aromatic carbocycles. The molecule has 0 aliphatic heterocycles. The molecule has 58 valence electrons. The highest BCUT2D eigenvalue weighted by molar-refractivity contribution is 4.43. The number of nitrogens with two attached hydrogens (primary N) is 1. The van der Waals surface area contributed by atoms with Gasteiger partial charge in [0.15, 0.2) is 0 Å². The van der Waals surface area contributed by atoms with Gasteiger partial charge < -0.3 is 5.73 Å². The van der Waals surface area contributed by atoms with Crippen LogP contribution in [0.5, 0.6) is 0 Å². The Morgan fingerprint density at radius 1 is 1.11 bits per heavy atom. The van der Waals surface area contributed by atoms with Crippen LogP contribution in [0.3, 0.4) is 0 Å². The molecule has 0 amide bonds. The van der Waals surface area contributed by atoms with Gasteiger partial charge in [-0.1, -0.05) is 33.6 Å².